The molecule has 1 rings (SSSR count). The third-order valence-electron chi connectivity index (χ3n) is 2.20. The van der Waals surface area contributed by atoms with Gasteiger partial charge in [-0.15, -0.1) is 11.6 Å². The van der Waals surface area contributed by atoms with E-state index in [-0.39, 0.29) is 10.6 Å². The van der Waals surface area contributed by atoms with Crippen LogP contribution in [0.1, 0.15) is 26.3 Å². The second kappa shape index (κ2) is 4.14. The molecule has 0 N–H and O–H groups in total. The fraction of sp³-hybridized carbons (Fsp3) is 0.455. The smallest absolute Gasteiger partial charge is 0.192 e. The summed E-state index contributed by atoms with van der Waals surface area (Å²) in [6.45, 7) is 6.12. The van der Waals surface area contributed by atoms with E-state index in [9.17, 15) is 8.42 Å². The molecule has 0 heterocycles. The van der Waals surface area contributed by atoms with Crippen LogP contribution in [0.4, 0.5) is 0 Å². The van der Waals surface area contributed by atoms with Gasteiger partial charge >= 0.3 is 0 Å². The van der Waals surface area contributed by atoms with Gasteiger partial charge in [0.1, 0.15) is 5.21 Å². The first-order chi connectivity index (χ1) is 6.77. The SMILES string of the molecule is CC(C)(C)c1cccc(S(=O)(=O)CCl)c1. The second-order valence-electron chi connectivity index (χ2n) is 4.50. The normalized spacial score (nSPS) is 12.8. The van der Waals surface area contributed by atoms with E-state index in [4.69, 9.17) is 11.6 Å². The van der Waals surface area contributed by atoms with E-state index < -0.39 is 9.84 Å². The molecule has 0 saturated heterocycles. The van der Waals surface area contributed by atoms with Gasteiger partial charge in [-0.1, -0.05) is 32.9 Å². The van der Waals surface area contributed by atoms with Gasteiger partial charge in [-0.05, 0) is 23.1 Å². The van der Waals surface area contributed by atoms with Gasteiger partial charge in [0.15, 0.2) is 9.84 Å². The Kier molecular flexibility index (Phi) is 3.46. The van der Waals surface area contributed by atoms with Crippen LogP contribution in [-0.4, -0.2) is 13.6 Å². The molecule has 0 spiro atoms. The molecule has 1 aromatic carbocycles. The highest BCUT2D eigenvalue weighted by Crippen LogP contribution is 2.24. The Labute approximate surface area is 96.2 Å². The molecule has 0 aliphatic rings. The minimum atomic E-state index is -3.32. The van der Waals surface area contributed by atoms with Crippen LogP contribution in [-0.2, 0) is 15.3 Å². The van der Waals surface area contributed by atoms with E-state index in [1.807, 2.05) is 26.8 Å². The summed E-state index contributed by atoms with van der Waals surface area (Å²) in [5.41, 5.74) is 0.936. The zero-order valence-corrected chi connectivity index (χ0v) is 10.7. The maximum absolute atomic E-state index is 11.5. The molecular formula is C11H15ClO2S. The van der Waals surface area contributed by atoms with Crippen molar-refractivity contribution in [2.75, 3.05) is 5.21 Å². The van der Waals surface area contributed by atoms with E-state index >= 15 is 0 Å². The van der Waals surface area contributed by atoms with Crippen molar-refractivity contribution in [1.29, 1.82) is 0 Å². The monoisotopic (exact) mass is 246 g/mol. The molecule has 0 atom stereocenters. The number of halogens is 1. The lowest BCUT2D eigenvalue weighted by atomic mass is 9.87. The zero-order valence-electron chi connectivity index (χ0n) is 9.12. The Hall–Kier alpha value is -0.540. The number of hydrogen-bond acceptors (Lipinski definition) is 2. The zero-order chi connectivity index (χ0) is 11.7. The van der Waals surface area contributed by atoms with E-state index in [1.54, 1.807) is 18.2 Å². The van der Waals surface area contributed by atoms with E-state index in [0.29, 0.717) is 4.90 Å². The van der Waals surface area contributed by atoms with Gasteiger partial charge in [-0.2, -0.15) is 0 Å². The summed E-state index contributed by atoms with van der Waals surface area (Å²) in [5.74, 6) is 0. The second-order valence-corrected chi connectivity index (χ2v) is 7.08. The number of alkyl halides is 1. The van der Waals surface area contributed by atoms with Crippen LogP contribution in [0, 0.1) is 0 Å². The first-order valence-electron chi connectivity index (χ1n) is 4.66. The number of sulfone groups is 1. The van der Waals surface area contributed by atoms with Crippen molar-refractivity contribution >= 4 is 21.4 Å². The third-order valence-corrected chi connectivity index (χ3v) is 4.32. The summed E-state index contributed by atoms with van der Waals surface area (Å²) in [4.78, 5) is 0.296. The van der Waals surface area contributed by atoms with Crippen LogP contribution < -0.4 is 0 Å². The molecule has 84 valence electrons. The lowest BCUT2D eigenvalue weighted by Crippen LogP contribution is -2.12. The summed E-state index contributed by atoms with van der Waals surface area (Å²) in [5, 5.41) is -0.374. The first-order valence-corrected chi connectivity index (χ1v) is 6.85. The Morgan fingerprint density at radius 1 is 1.27 bits per heavy atom. The molecule has 0 bridgehead atoms. The standard InChI is InChI=1S/C11H15ClO2S/c1-11(2,3)9-5-4-6-10(7-9)15(13,14)8-12/h4-7H,8H2,1-3H3. The van der Waals surface area contributed by atoms with Crippen molar-refractivity contribution in [3.8, 4) is 0 Å². The first kappa shape index (κ1) is 12.5. The van der Waals surface area contributed by atoms with Crippen molar-refractivity contribution in [3.63, 3.8) is 0 Å². The van der Waals surface area contributed by atoms with Crippen molar-refractivity contribution in [3.05, 3.63) is 29.8 Å². The van der Waals surface area contributed by atoms with Crippen LogP contribution in [0.3, 0.4) is 0 Å². The van der Waals surface area contributed by atoms with Crippen LogP contribution in [0.15, 0.2) is 29.2 Å². The molecule has 0 aliphatic heterocycles. The van der Waals surface area contributed by atoms with Gasteiger partial charge in [-0.3, -0.25) is 0 Å². The molecule has 0 saturated carbocycles. The Bertz CT molecular complexity index is 444. The minimum absolute atomic E-state index is 0.0577. The van der Waals surface area contributed by atoms with Gasteiger partial charge in [0.05, 0.1) is 4.90 Å². The maximum Gasteiger partial charge on any atom is 0.192 e. The van der Waals surface area contributed by atoms with Crippen LogP contribution in [0.25, 0.3) is 0 Å². The van der Waals surface area contributed by atoms with Crippen LogP contribution >= 0.6 is 11.6 Å². The molecular weight excluding hydrogens is 232 g/mol. The van der Waals surface area contributed by atoms with Gasteiger partial charge in [0.25, 0.3) is 0 Å². The average Bonchev–Trinajstić information content (AvgIpc) is 2.17. The molecule has 0 fully saturated rings. The van der Waals surface area contributed by atoms with Crippen molar-refractivity contribution in [2.45, 2.75) is 31.1 Å². The molecule has 1 aromatic rings. The molecule has 4 heteroatoms. The Morgan fingerprint density at radius 3 is 2.33 bits per heavy atom. The van der Waals surface area contributed by atoms with Crippen molar-refractivity contribution < 1.29 is 8.42 Å². The van der Waals surface area contributed by atoms with Crippen LogP contribution in [0.2, 0.25) is 0 Å². The quantitative estimate of drug-likeness (QED) is 0.752. The molecule has 0 aliphatic carbocycles. The molecule has 0 radical (unpaired) electrons. The maximum atomic E-state index is 11.5. The van der Waals surface area contributed by atoms with Gasteiger partial charge in [0.2, 0.25) is 0 Å². The summed E-state index contributed by atoms with van der Waals surface area (Å²) >= 11 is 5.41. The predicted molar refractivity (Wildman–Crippen MR) is 63.0 cm³/mol. The highest BCUT2D eigenvalue weighted by molar-refractivity contribution is 7.92. The molecule has 2 nitrogen and oxygen atoms in total. The highest BCUT2D eigenvalue weighted by Gasteiger charge is 2.18. The van der Waals surface area contributed by atoms with Gasteiger partial charge in [0, 0.05) is 0 Å². The molecule has 0 amide bonds. The van der Waals surface area contributed by atoms with Crippen molar-refractivity contribution in [1.82, 2.24) is 0 Å². The highest BCUT2D eigenvalue weighted by atomic mass is 35.5. The van der Waals surface area contributed by atoms with Crippen LogP contribution in [0.5, 0.6) is 0 Å². The minimum Gasteiger partial charge on any atom is -0.222 e. The van der Waals surface area contributed by atoms with Crippen molar-refractivity contribution in [2.24, 2.45) is 0 Å². The summed E-state index contributed by atoms with van der Waals surface area (Å²) in [6, 6.07) is 6.94. The lowest BCUT2D eigenvalue weighted by molar-refractivity contribution is 0.585. The summed E-state index contributed by atoms with van der Waals surface area (Å²) < 4.78 is 23.1. The van der Waals surface area contributed by atoms with Gasteiger partial charge in [-0.25, -0.2) is 8.42 Å². The average molecular weight is 247 g/mol. The third kappa shape index (κ3) is 2.95. The molecule has 0 aromatic heterocycles. The van der Waals surface area contributed by atoms with E-state index in [1.165, 1.54) is 0 Å². The van der Waals surface area contributed by atoms with E-state index in [2.05, 4.69) is 0 Å². The number of hydrogen-bond donors (Lipinski definition) is 0. The lowest BCUT2D eigenvalue weighted by Gasteiger charge is -2.19. The summed E-state index contributed by atoms with van der Waals surface area (Å²) in [7, 11) is -3.32. The largest absolute Gasteiger partial charge is 0.222 e. The Morgan fingerprint density at radius 2 is 1.87 bits per heavy atom. The topological polar surface area (TPSA) is 34.1 Å². The molecule has 15 heavy (non-hydrogen) atoms. The fourth-order valence-electron chi connectivity index (χ4n) is 1.22. The van der Waals surface area contributed by atoms with Gasteiger partial charge < -0.3 is 0 Å². The fourth-order valence-corrected chi connectivity index (χ4v) is 2.32. The number of benzene rings is 1. The summed E-state index contributed by atoms with van der Waals surface area (Å²) in [6.07, 6.45) is 0. The Balaban J connectivity index is 3.27. The van der Waals surface area contributed by atoms with E-state index in [0.717, 1.165) is 5.56 Å². The predicted octanol–water partition coefficient (Wildman–Crippen LogP) is 2.95. The number of rotatable bonds is 2. The molecule has 0 unspecified atom stereocenters.